The molecule has 0 radical (unpaired) electrons. The second kappa shape index (κ2) is 8.55. The van der Waals surface area contributed by atoms with Gasteiger partial charge in [-0.1, -0.05) is 54.1 Å². The van der Waals surface area contributed by atoms with Crippen molar-refractivity contribution < 1.29 is 4.79 Å². The van der Waals surface area contributed by atoms with Crippen molar-refractivity contribution in [1.82, 2.24) is 19.9 Å². The third-order valence-electron chi connectivity index (χ3n) is 5.04. The number of benzene rings is 2. The molecule has 2 aromatic heterocycles. The maximum absolute atomic E-state index is 13.0. The molecular weight excluding hydrogens is 400 g/mol. The van der Waals surface area contributed by atoms with Crippen molar-refractivity contribution in [2.45, 2.75) is 19.8 Å². The second-order valence-electron chi connectivity index (χ2n) is 7.12. The summed E-state index contributed by atoms with van der Waals surface area (Å²) in [5.74, 6) is -0.263. The molecule has 0 aliphatic heterocycles. The number of nitrogens with one attached hydrogen (secondary N) is 2. The van der Waals surface area contributed by atoms with Gasteiger partial charge in [-0.25, -0.2) is 9.50 Å². The first-order valence-corrected chi connectivity index (χ1v) is 10.1. The summed E-state index contributed by atoms with van der Waals surface area (Å²) in [5.41, 5.74) is 3.76. The smallest absolute Gasteiger partial charge is 0.276 e. The van der Waals surface area contributed by atoms with Crippen molar-refractivity contribution in [2.75, 3.05) is 6.54 Å². The van der Waals surface area contributed by atoms with E-state index in [1.54, 1.807) is 19.1 Å². The van der Waals surface area contributed by atoms with E-state index in [1.807, 2.05) is 42.5 Å². The van der Waals surface area contributed by atoms with Gasteiger partial charge in [-0.2, -0.15) is 0 Å². The number of rotatable bonds is 6. The fourth-order valence-electron chi connectivity index (χ4n) is 3.39. The van der Waals surface area contributed by atoms with E-state index in [1.165, 1.54) is 10.7 Å². The molecule has 0 aliphatic rings. The molecule has 1 amide bonds. The van der Waals surface area contributed by atoms with Gasteiger partial charge in [0.25, 0.3) is 11.5 Å². The number of aryl methyl sites for hydroxylation is 1. The standard InChI is InChI=1S/C23H21ClN4O2/c1-15-19(13-17-7-9-18(24)10-8-17)23(30)28-21(27-15)20(14-26-28)22(29)25-12-11-16-5-3-2-4-6-16/h2-10,14,26H,11-13H2,1H3,(H,25,29). The Morgan fingerprint density at radius 3 is 2.57 bits per heavy atom. The minimum atomic E-state index is -0.263. The van der Waals surface area contributed by atoms with E-state index < -0.39 is 0 Å². The summed E-state index contributed by atoms with van der Waals surface area (Å²) in [4.78, 5) is 30.2. The molecule has 2 heterocycles. The van der Waals surface area contributed by atoms with Crippen LogP contribution < -0.4 is 10.9 Å². The van der Waals surface area contributed by atoms with Crippen LogP contribution in [0.3, 0.4) is 0 Å². The zero-order valence-electron chi connectivity index (χ0n) is 16.5. The van der Waals surface area contributed by atoms with Gasteiger partial charge >= 0.3 is 0 Å². The summed E-state index contributed by atoms with van der Waals surface area (Å²) < 4.78 is 1.32. The molecule has 6 nitrogen and oxygen atoms in total. The molecule has 0 bridgehead atoms. The summed E-state index contributed by atoms with van der Waals surface area (Å²) in [5, 5.41) is 6.41. The molecule has 4 aromatic rings. The van der Waals surface area contributed by atoms with E-state index in [9.17, 15) is 9.59 Å². The van der Waals surface area contributed by atoms with Crippen LogP contribution in [0.2, 0.25) is 5.02 Å². The van der Waals surface area contributed by atoms with Crippen LogP contribution >= 0.6 is 11.6 Å². The maximum Gasteiger partial charge on any atom is 0.276 e. The zero-order valence-corrected chi connectivity index (χ0v) is 17.2. The van der Waals surface area contributed by atoms with Crippen LogP contribution in [0.1, 0.15) is 32.7 Å². The fraction of sp³-hybridized carbons (Fsp3) is 0.174. The first kappa shape index (κ1) is 19.9. The first-order valence-electron chi connectivity index (χ1n) is 9.69. The van der Waals surface area contributed by atoms with Gasteiger partial charge in [0.05, 0.1) is 0 Å². The number of carbonyl (C=O) groups excluding carboxylic acids is 1. The average Bonchev–Trinajstić information content (AvgIpc) is 3.17. The Morgan fingerprint density at radius 1 is 1.10 bits per heavy atom. The fourth-order valence-corrected chi connectivity index (χ4v) is 3.52. The first-order chi connectivity index (χ1) is 14.5. The minimum Gasteiger partial charge on any atom is -0.352 e. The lowest BCUT2D eigenvalue weighted by Gasteiger charge is -2.07. The summed E-state index contributed by atoms with van der Waals surface area (Å²) in [6.45, 7) is 2.29. The Kier molecular flexibility index (Phi) is 5.68. The second-order valence-corrected chi connectivity index (χ2v) is 7.56. The van der Waals surface area contributed by atoms with Crippen molar-refractivity contribution in [1.29, 1.82) is 0 Å². The molecule has 7 heteroatoms. The lowest BCUT2D eigenvalue weighted by atomic mass is 10.1. The Morgan fingerprint density at radius 2 is 1.83 bits per heavy atom. The van der Waals surface area contributed by atoms with Crippen LogP contribution in [-0.4, -0.2) is 27.0 Å². The van der Waals surface area contributed by atoms with Crippen molar-refractivity contribution in [3.05, 3.63) is 104 Å². The van der Waals surface area contributed by atoms with Gasteiger partial charge in [0.2, 0.25) is 0 Å². The quantitative estimate of drug-likeness (QED) is 0.500. The third-order valence-corrected chi connectivity index (χ3v) is 5.30. The molecule has 152 valence electrons. The van der Waals surface area contributed by atoms with Gasteiger partial charge in [-0.15, -0.1) is 0 Å². The highest BCUT2D eigenvalue weighted by Crippen LogP contribution is 2.15. The monoisotopic (exact) mass is 420 g/mol. The predicted octanol–water partition coefficient (Wildman–Crippen LogP) is 3.55. The number of halogens is 1. The van der Waals surface area contributed by atoms with Crippen LogP contribution in [0.5, 0.6) is 0 Å². The molecule has 4 rings (SSSR count). The molecule has 2 aromatic carbocycles. The summed E-state index contributed by atoms with van der Waals surface area (Å²) in [7, 11) is 0. The molecule has 0 saturated heterocycles. The number of fused-ring (bicyclic) bond motifs is 1. The number of H-pyrrole nitrogens is 1. The van der Waals surface area contributed by atoms with Crippen LogP contribution in [0.15, 0.2) is 65.6 Å². The topological polar surface area (TPSA) is 79.3 Å². The van der Waals surface area contributed by atoms with Crippen LogP contribution in [0, 0.1) is 6.92 Å². The number of carbonyl (C=O) groups is 1. The number of hydrogen-bond donors (Lipinski definition) is 2. The van der Waals surface area contributed by atoms with E-state index in [2.05, 4.69) is 15.4 Å². The Bertz CT molecular complexity index is 1240. The van der Waals surface area contributed by atoms with Gasteiger partial charge in [-0.05, 0) is 36.6 Å². The van der Waals surface area contributed by atoms with E-state index in [-0.39, 0.29) is 11.5 Å². The van der Waals surface area contributed by atoms with Crippen molar-refractivity contribution >= 4 is 23.2 Å². The Hall–Kier alpha value is -3.38. The van der Waals surface area contributed by atoms with Crippen LogP contribution in [-0.2, 0) is 12.8 Å². The minimum absolute atomic E-state index is 0.212. The molecule has 0 atom stereocenters. The van der Waals surface area contributed by atoms with Crippen LogP contribution in [0.4, 0.5) is 0 Å². The molecule has 0 unspecified atom stereocenters. The maximum atomic E-state index is 13.0. The van der Waals surface area contributed by atoms with Gasteiger partial charge in [-0.3, -0.25) is 14.7 Å². The molecule has 30 heavy (non-hydrogen) atoms. The van der Waals surface area contributed by atoms with Crippen molar-refractivity contribution in [2.24, 2.45) is 0 Å². The highest BCUT2D eigenvalue weighted by molar-refractivity contribution is 6.30. The van der Waals surface area contributed by atoms with E-state index in [0.717, 1.165) is 17.5 Å². The zero-order chi connectivity index (χ0) is 21.1. The highest BCUT2D eigenvalue weighted by atomic mass is 35.5. The number of amides is 1. The van der Waals surface area contributed by atoms with Gasteiger partial charge < -0.3 is 5.32 Å². The summed E-state index contributed by atoms with van der Waals surface area (Å²) >= 11 is 5.94. The molecule has 0 aliphatic carbocycles. The van der Waals surface area contributed by atoms with Gasteiger partial charge in [0.1, 0.15) is 5.56 Å². The van der Waals surface area contributed by atoms with Crippen molar-refractivity contribution in [3.63, 3.8) is 0 Å². The number of hydrogen-bond acceptors (Lipinski definition) is 3. The molecule has 2 N–H and O–H groups in total. The highest BCUT2D eigenvalue weighted by Gasteiger charge is 2.18. The summed E-state index contributed by atoms with van der Waals surface area (Å²) in [6, 6.07) is 17.3. The number of aromatic amines is 1. The predicted molar refractivity (Wildman–Crippen MR) is 117 cm³/mol. The molecule has 0 saturated carbocycles. The lowest BCUT2D eigenvalue weighted by Crippen LogP contribution is -2.27. The lowest BCUT2D eigenvalue weighted by molar-refractivity contribution is 0.0955. The van der Waals surface area contributed by atoms with E-state index in [4.69, 9.17) is 11.6 Å². The molecule has 0 spiro atoms. The average molecular weight is 421 g/mol. The Labute approximate surface area is 178 Å². The number of aromatic nitrogens is 3. The van der Waals surface area contributed by atoms with Gasteiger partial charge in [0, 0.05) is 35.4 Å². The number of nitrogens with zero attached hydrogens (tertiary/aromatic N) is 2. The van der Waals surface area contributed by atoms with Crippen molar-refractivity contribution in [3.8, 4) is 0 Å². The molecule has 0 fully saturated rings. The van der Waals surface area contributed by atoms with Gasteiger partial charge in [0.15, 0.2) is 5.65 Å². The Balaban J connectivity index is 1.55. The normalized spacial score (nSPS) is 11.0. The summed E-state index contributed by atoms with van der Waals surface area (Å²) in [6.07, 6.45) is 2.69. The van der Waals surface area contributed by atoms with E-state index >= 15 is 0 Å². The largest absolute Gasteiger partial charge is 0.352 e. The van der Waals surface area contributed by atoms with Crippen LogP contribution in [0.25, 0.3) is 5.65 Å². The third kappa shape index (κ3) is 4.14. The molecular formula is C23H21ClN4O2. The SMILES string of the molecule is Cc1nc2c(C(=O)NCCc3ccccc3)c[nH]n2c(=O)c1Cc1ccc(Cl)cc1. The van der Waals surface area contributed by atoms with E-state index in [0.29, 0.717) is 40.5 Å².